The minimum absolute atomic E-state index is 0.516. The van der Waals surface area contributed by atoms with Crippen LogP contribution in [0.1, 0.15) is 66.3 Å². The van der Waals surface area contributed by atoms with Gasteiger partial charge in [-0.25, -0.2) is 0 Å². The van der Waals surface area contributed by atoms with Crippen LogP contribution in [-0.4, -0.2) is 0 Å². The first-order chi connectivity index (χ1) is 30.7. The lowest BCUT2D eigenvalue weighted by Gasteiger charge is -2.34. The Hall–Kier alpha value is -7.22. The molecule has 0 saturated carbocycles. The highest BCUT2D eigenvalue weighted by Gasteiger charge is 2.51. The van der Waals surface area contributed by atoms with Gasteiger partial charge in [0.25, 0.3) is 0 Å². The number of hydrogen-bond donors (Lipinski definition) is 0. The lowest BCUT2D eigenvalue weighted by atomic mass is 9.69. The average molecular weight is 796 g/mol. The van der Waals surface area contributed by atoms with Crippen molar-refractivity contribution in [2.24, 2.45) is 0 Å². The maximum absolute atomic E-state index is 4.47. The first kappa shape index (κ1) is 37.8. The Morgan fingerprint density at radius 2 is 1.19 bits per heavy atom. The number of hydrogen-bond acceptors (Lipinski definition) is 1. The van der Waals surface area contributed by atoms with Crippen LogP contribution in [0, 0.1) is 0 Å². The lowest BCUT2D eigenvalue weighted by molar-refractivity contribution is 0.785. The smallest absolute Gasteiger partial charge is 0.0726 e. The van der Waals surface area contributed by atoms with Crippen LogP contribution in [0.25, 0.3) is 44.5 Å². The quantitative estimate of drug-likeness (QED) is 0.141. The second-order valence-corrected chi connectivity index (χ2v) is 17.0. The number of nitrogens with zero attached hydrogens (tertiary/aromatic N) is 1. The van der Waals surface area contributed by atoms with E-state index in [2.05, 4.69) is 212 Å². The second-order valence-electron chi connectivity index (χ2n) is 17.0. The molecule has 1 nitrogen and oxygen atoms in total. The fourth-order valence-corrected chi connectivity index (χ4v) is 10.9. The Bertz CT molecular complexity index is 3040. The van der Waals surface area contributed by atoms with E-state index in [0.29, 0.717) is 0 Å². The maximum atomic E-state index is 4.47. The van der Waals surface area contributed by atoms with Gasteiger partial charge in [-0.2, -0.15) is 0 Å². The Morgan fingerprint density at radius 3 is 1.94 bits per heavy atom. The van der Waals surface area contributed by atoms with Crippen molar-refractivity contribution in [2.45, 2.75) is 43.9 Å². The van der Waals surface area contributed by atoms with Crippen LogP contribution in [0.4, 0.5) is 11.4 Å². The molecule has 0 amide bonds. The summed E-state index contributed by atoms with van der Waals surface area (Å²) in [6, 6.07) is 52.2. The van der Waals surface area contributed by atoms with Crippen LogP contribution < -0.4 is 4.90 Å². The molecule has 5 aliphatic rings. The summed E-state index contributed by atoms with van der Waals surface area (Å²) in [6.45, 7) is 8.81. The molecule has 6 aromatic rings. The van der Waals surface area contributed by atoms with E-state index in [1.807, 2.05) is 6.08 Å². The van der Waals surface area contributed by atoms with Gasteiger partial charge in [-0.3, -0.25) is 0 Å². The van der Waals surface area contributed by atoms with Crippen molar-refractivity contribution in [1.29, 1.82) is 0 Å². The van der Waals surface area contributed by atoms with Crippen LogP contribution >= 0.6 is 0 Å². The Kier molecular flexibility index (Phi) is 9.54. The SMILES string of the molecule is C=CC1=C(C=C)C2(c3ccccc31)c1ccccc1-c1ccc(N(C3=CC=C(C4=CC=CCC4)CC3)c3ccc(-c4cccc(C5=CCCC=C5)c4)c(-c4ccccc4)c3)cc12. The number of anilines is 2. The molecule has 5 aliphatic carbocycles. The molecule has 298 valence electrons. The summed E-state index contributed by atoms with van der Waals surface area (Å²) in [5, 5.41) is 0. The molecule has 0 radical (unpaired) electrons. The fourth-order valence-electron chi connectivity index (χ4n) is 10.9. The number of fused-ring (bicyclic) bond motifs is 7. The molecule has 0 heterocycles. The zero-order chi connectivity index (χ0) is 41.6. The van der Waals surface area contributed by atoms with Crippen LogP contribution in [-0.2, 0) is 5.41 Å². The van der Waals surface area contributed by atoms with Gasteiger partial charge in [0.1, 0.15) is 0 Å². The van der Waals surface area contributed by atoms with E-state index in [1.165, 1.54) is 89.2 Å². The zero-order valence-electron chi connectivity index (χ0n) is 35.2. The molecule has 0 aromatic heterocycles. The minimum atomic E-state index is -0.516. The van der Waals surface area contributed by atoms with Gasteiger partial charge in [0, 0.05) is 17.1 Å². The van der Waals surface area contributed by atoms with Gasteiger partial charge >= 0.3 is 0 Å². The Labute approximate surface area is 366 Å². The van der Waals surface area contributed by atoms with Crippen molar-refractivity contribution in [1.82, 2.24) is 0 Å². The van der Waals surface area contributed by atoms with Gasteiger partial charge in [-0.1, -0.05) is 177 Å². The van der Waals surface area contributed by atoms with Gasteiger partial charge < -0.3 is 4.90 Å². The summed E-state index contributed by atoms with van der Waals surface area (Å²) in [7, 11) is 0. The Morgan fingerprint density at radius 1 is 0.484 bits per heavy atom. The largest absolute Gasteiger partial charge is 0.314 e. The van der Waals surface area contributed by atoms with Gasteiger partial charge in [-0.15, -0.1) is 0 Å². The van der Waals surface area contributed by atoms with Crippen LogP contribution in [0.5, 0.6) is 0 Å². The molecule has 6 aromatic carbocycles. The highest BCUT2D eigenvalue weighted by atomic mass is 15.1. The Balaban J connectivity index is 1.13. The molecular formula is C61H49N. The fraction of sp³-hybridized carbons (Fsp3) is 0.115. The molecular weight excluding hydrogens is 747 g/mol. The first-order valence-electron chi connectivity index (χ1n) is 22.2. The lowest BCUT2D eigenvalue weighted by Crippen LogP contribution is -2.27. The van der Waals surface area contributed by atoms with E-state index >= 15 is 0 Å². The number of benzene rings is 6. The molecule has 1 unspecified atom stereocenters. The molecule has 62 heavy (non-hydrogen) atoms. The third-order valence-electron chi connectivity index (χ3n) is 13.7. The molecule has 0 bridgehead atoms. The van der Waals surface area contributed by atoms with Gasteiger partial charge in [0.2, 0.25) is 0 Å². The predicted molar refractivity (Wildman–Crippen MR) is 263 cm³/mol. The number of allylic oxidation sites excluding steroid dienone is 16. The molecule has 0 N–H and O–H groups in total. The van der Waals surface area contributed by atoms with E-state index in [1.54, 1.807) is 0 Å². The molecule has 11 rings (SSSR count). The summed E-state index contributed by atoms with van der Waals surface area (Å²) in [5.74, 6) is 0. The summed E-state index contributed by atoms with van der Waals surface area (Å²) >= 11 is 0. The van der Waals surface area contributed by atoms with Gasteiger partial charge in [-0.05, 0) is 164 Å². The minimum Gasteiger partial charge on any atom is -0.314 e. The van der Waals surface area contributed by atoms with Crippen molar-refractivity contribution in [3.63, 3.8) is 0 Å². The van der Waals surface area contributed by atoms with Crippen molar-refractivity contribution >= 4 is 22.5 Å². The van der Waals surface area contributed by atoms with Crippen molar-refractivity contribution in [2.75, 3.05) is 4.90 Å². The summed E-state index contributed by atoms with van der Waals surface area (Å²) in [6.07, 6.45) is 29.0. The molecule has 1 atom stereocenters. The summed E-state index contributed by atoms with van der Waals surface area (Å²) in [4.78, 5) is 2.54. The van der Waals surface area contributed by atoms with Crippen LogP contribution in [0.15, 0.2) is 236 Å². The third kappa shape index (κ3) is 6.06. The van der Waals surface area contributed by atoms with E-state index in [-0.39, 0.29) is 0 Å². The highest BCUT2D eigenvalue weighted by molar-refractivity contribution is 5.99. The van der Waals surface area contributed by atoms with Crippen LogP contribution in [0.3, 0.4) is 0 Å². The second kappa shape index (κ2) is 15.7. The molecule has 1 spiro atoms. The topological polar surface area (TPSA) is 3.24 Å². The standard InChI is InChI=1S/C61H49N/c1-3-51-53-27-14-16-29-58(53)61(57(51)4-2)59-30-17-15-28-54(59)55-38-36-50(41-60(55)61)62(48-33-31-44(32-34-48)42-19-8-5-9-20-42)49-35-37-52(56(40-49)45-23-12-7-13-24-45)47-26-18-25-46(39-47)43-21-10-6-11-22-43/h3-5,7-8,10,12-19,21-31,33,35-41H,1-2,6,9,11,20,32,34H2. The average Bonchev–Trinajstić information content (AvgIpc) is 3.81. The molecule has 0 saturated heterocycles. The predicted octanol–water partition coefficient (Wildman–Crippen LogP) is 16.2. The molecule has 1 heteroatoms. The number of rotatable bonds is 9. The zero-order valence-corrected chi connectivity index (χ0v) is 35.2. The summed E-state index contributed by atoms with van der Waals surface area (Å²) < 4.78 is 0. The molecule has 0 fully saturated rings. The highest BCUT2D eigenvalue weighted by Crippen LogP contribution is 2.63. The van der Waals surface area contributed by atoms with Crippen LogP contribution in [0.2, 0.25) is 0 Å². The van der Waals surface area contributed by atoms with E-state index in [9.17, 15) is 0 Å². The van der Waals surface area contributed by atoms with E-state index < -0.39 is 5.41 Å². The van der Waals surface area contributed by atoms with Crippen molar-refractivity contribution in [3.05, 3.63) is 264 Å². The summed E-state index contributed by atoms with van der Waals surface area (Å²) in [5.41, 5.74) is 23.4. The van der Waals surface area contributed by atoms with E-state index in [0.717, 1.165) is 55.5 Å². The van der Waals surface area contributed by atoms with Crippen molar-refractivity contribution in [3.8, 4) is 33.4 Å². The van der Waals surface area contributed by atoms with E-state index in [4.69, 9.17) is 0 Å². The van der Waals surface area contributed by atoms with Crippen molar-refractivity contribution < 1.29 is 0 Å². The first-order valence-corrected chi connectivity index (χ1v) is 22.2. The van der Waals surface area contributed by atoms with Gasteiger partial charge in [0.05, 0.1) is 5.41 Å². The normalized spacial score (nSPS) is 18.3. The van der Waals surface area contributed by atoms with Gasteiger partial charge in [0.15, 0.2) is 0 Å². The maximum Gasteiger partial charge on any atom is 0.0726 e. The monoisotopic (exact) mass is 795 g/mol. The molecule has 0 aliphatic heterocycles. The third-order valence-corrected chi connectivity index (χ3v) is 13.7.